The van der Waals surface area contributed by atoms with E-state index in [0.717, 1.165) is 12.1 Å². The minimum absolute atomic E-state index is 0.00821. The van der Waals surface area contributed by atoms with Crippen molar-refractivity contribution >= 4 is 11.6 Å². The number of ether oxygens (including phenoxy) is 1. The van der Waals surface area contributed by atoms with Crippen LogP contribution in [0.3, 0.4) is 0 Å². The highest BCUT2D eigenvalue weighted by molar-refractivity contribution is 5.81. The predicted molar refractivity (Wildman–Crippen MR) is 93.7 cm³/mol. The van der Waals surface area contributed by atoms with E-state index in [1.165, 1.54) is 11.1 Å². The summed E-state index contributed by atoms with van der Waals surface area (Å²) in [6.07, 6.45) is 0.839. The molecule has 0 heterocycles. The fourth-order valence-electron chi connectivity index (χ4n) is 2.46. The topological polar surface area (TPSA) is 50.4 Å². The second kappa shape index (κ2) is 8.96. The van der Waals surface area contributed by atoms with Gasteiger partial charge in [0.1, 0.15) is 0 Å². The number of para-hydroxylation sites is 1. The molecular formula is C19H24N2O2. The summed E-state index contributed by atoms with van der Waals surface area (Å²) in [5.41, 5.74) is 3.42. The molecule has 0 saturated heterocycles. The number of methoxy groups -OCH3 is 1. The van der Waals surface area contributed by atoms with Crippen LogP contribution in [-0.4, -0.2) is 32.2 Å². The molecule has 4 nitrogen and oxygen atoms in total. The summed E-state index contributed by atoms with van der Waals surface area (Å²) in [5.74, 6) is -0.0379. The molecule has 0 radical (unpaired) electrons. The van der Waals surface area contributed by atoms with E-state index in [2.05, 4.69) is 28.8 Å². The van der Waals surface area contributed by atoms with Crippen molar-refractivity contribution in [1.82, 2.24) is 5.32 Å². The van der Waals surface area contributed by atoms with Crippen molar-refractivity contribution in [2.75, 3.05) is 25.6 Å². The zero-order valence-electron chi connectivity index (χ0n) is 13.7. The van der Waals surface area contributed by atoms with Gasteiger partial charge in [-0.25, -0.2) is 0 Å². The molecule has 0 bridgehead atoms. The Labute approximate surface area is 137 Å². The fraction of sp³-hybridized carbons (Fsp3) is 0.316. The lowest BCUT2D eigenvalue weighted by Crippen LogP contribution is -2.39. The van der Waals surface area contributed by atoms with E-state index in [0.29, 0.717) is 6.61 Å². The lowest BCUT2D eigenvalue weighted by molar-refractivity contribution is -0.120. The monoisotopic (exact) mass is 312 g/mol. The fourth-order valence-corrected chi connectivity index (χ4v) is 2.46. The SMILES string of the molecule is COC[C@@H](C)NC(=O)CNc1ccccc1Cc1ccccc1. The van der Waals surface area contributed by atoms with Crippen molar-refractivity contribution in [3.05, 3.63) is 65.7 Å². The van der Waals surface area contributed by atoms with E-state index in [1.54, 1.807) is 7.11 Å². The molecule has 0 spiro atoms. The van der Waals surface area contributed by atoms with Crippen molar-refractivity contribution in [2.45, 2.75) is 19.4 Å². The second-order valence-electron chi connectivity index (χ2n) is 5.60. The van der Waals surface area contributed by atoms with Crippen molar-refractivity contribution in [2.24, 2.45) is 0 Å². The zero-order chi connectivity index (χ0) is 16.5. The summed E-state index contributed by atoms with van der Waals surface area (Å²) in [5, 5.41) is 6.12. The van der Waals surface area contributed by atoms with Crippen molar-refractivity contribution in [3.8, 4) is 0 Å². The third-order valence-corrected chi connectivity index (χ3v) is 3.52. The normalized spacial score (nSPS) is 11.7. The van der Waals surface area contributed by atoms with Gasteiger partial charge in [0.25, 0.3) is 0 Å². The van der Waals surface area contributed by atoms with E-state index in [1.807, 2.05) is 43.3 Å². The zero-order valence-corrected chi connectivity index (χ0v) is 13.7. The molecular weight excluding hydrogens is 288 g/mol. The van der Waals surface area contributed by atoms with Gasteiger partial charge >= 0.3 is 0 Å². The van der Waals surface area contributed by atoms with Crippen LogP contribution in [0.1, 0.15) is 18.1 Å². The van der Waals surface area contributed by atoms with Gasteiger partial charge in [-0.2, -0.15) is 0 Å². The van der Waals surface area contributed by atoms with Crippen molar-refractivity contribution < 1.29 is 9.53 Å². The van der Waals surface area contributed by atoms with E-state index >= 15 is 0 Å². The molecule has 2 aromatic carbocycles. The van der Waals surface area contributed by atoms with Gasteiger partial charge in [-0.3, -0.25) is 4.79 Å². The molecule has 1 amide bonds. The second-order valence-corrected chi connectivity index (χ2v) is 5.60. The van der Waals surface area contributed by atoms with E-state index in [4.69, 9.17) is 4.74 Å². The van der Waals surface area contributed by atoms with Crippen LogP contribution in [0.5, 0.6) is 0 Å². The van der Waals surface area contributed by atoms with Gasteiger partial charge in [0.15, 0.2) is 0 Å². The van der Waals surface area contributed by atoms with E-state index < -0.39 is 0 Å². The Balaban J connectivity index is 1.94. The molecule has 1 atom stereocenters. The van der Waals surface area contributed by atoms with E-state index in [9.17, 15) is 4.79 Å². The molecule has 122 valence electrons. The molecule has 2 aromatic rings. The average Bonchev–Trinajstić information content (AvgIpc) is 2.55. The molecule has 0 fully saturated rings. The molecule has 0 saturated carbocycles. The van der Waals surface area contributed by atoms with Crippen molar-refractivity contribution in [1.29, 1.82) is 0 Å². The molecule has 2 rings (SSSR count). The number of rotatable bonds is 8. The quantitative estimate of drug-likeness (QED) is 0.788. The van der Waals surface area contributed by atoms with Gasteiger partial charge < -0.3 is 15.4 Å². The minimum atomic E-state index is -0.0379. The summed E-state index contributed by atoms with van der Waals surface area (Å²) in [4.78, 5) is 11.9. The number of benzene rings is 2. The standard InChI is InChI=1S/C19H24N2O2/c1-15(14-23-2)21-19(22)13-20-18-11-7-6-10-17(18)12-16-8-4-3-5-9-16/h3-11,15,20H,12-14H2,1-2H3,(H,21,22)/t15-/m1/s1. The first kappa shape index (κ1) is 17.0. The summed E-state index contributed by atoms with van der Waals surface area (Å²) in [6, 6.07) is 18.4. The molecule has 4 heteroatoms. The highest BCUT2D eigenvalue weighted by Gasteiger charge is 2.08. The maximum Gasteiger partial charge on any atom is 0.239 e. The predicted octanol–water partition coefficient (Wildman–Crippen LogP) is 2.84. The highest BCUT2D eigenvalue weighted by Crippen LogP contribution is 2.18. The first-order valence-corrected chi connectivity index (χ1v) is 7.83. The first-order valence-electron chi connectivity index (χ1n) is 7.83. The van der Waals surface area contributed by atoms with Crippen LogP contribution in [-0.2, 0) is 16.0 Å². The average molecular weight is 312 g/mol. The van der Waals surface area contributed by atoms with Gasteiger partial charge in [-0.05, 0) is 30.5 Å². The number of hydrogen-bond acceptors (Lipinski definition) is 3. The van der Waals surface area contributed by atoms with Gasteiger partial charge in [0.2, 0.25) is 5.91 Å². The minimum Gasteiger partial charge on any atom is -0.383 e. The molecule has 2 N–H and O–H groups in total. The summed E-state index contributed by atoms with van der Waals surface area (Å²) in [6.45, 7) is 2.68. The third kappa shape index (κ3) is 5.75. The van der Waals surface area contributed by atoms with Crippen LogP contribution in [0.15, 0.2) is 54.6 Å². The number of nitrogens with one attached hydrogen (secondary N) is 2. The molecule has 0 aliphatic carbocycles. The van der Waals surface area contributed by atoms with Crippen LogP contribution in [0.25, 0.3) is 0 Å². The number of carbonyl (C=O) groups is 1. The molecule has 0 aliphatic heterocycles. The van der Waals surface area contributed by atoms with Crippen LogP contribution >= 0.6 is 0 Å². The lowest BCUT2D eigenvalue weighted by Gasteiger charge is -2.15. The van der Waals surface area contributed by atoms with Gasteiger partial charge in [0.05, 0.1) is 13.2 Å². The molecule has 0 aromatic heterocycles. The Morgan fingerprint density at radius 1 is 1.09 bits per heavy atom. The number of anilines is 1. The molecule has 0 unspecified atom stereocenters. The molecule has 0 aliphatic rings. The Kier molecular flexibility index (Phi) is 6.63. The van der Waals surface area contributed by atoms with Gasteiger partial charge in [-0.1, -0.05) is 48.5 Å². The lowest BCUT2D eigenvalue weighted by atomic mass is 10.0. The Hall–Kier alpha value is -2.33. The smallest absolute Gasteiger partial charge is 0.239 e. The Morgan fingerprint density at radius 2 is 1.78 bits per heavy atom. The van der Waals surface area contributed by atoms with Crippen LogP contribution < -0.4 is 10.6 Å². The van der Waals surface area contributed by atoms with Crippen LogP contribution in [0.4, 0.5) is 5.69 Å². The number of carbonyl (C=O) groups excluding carboxylic acids is 1. The maximum atomic E-state index is 11.9. The highest BCUT2D eigenvalue weighted by atomic mass is 16.5. The number of hydrogen-bond donors (Lipinski definition) is 2. The Morgan fingerprint density at radius 3 is 2.52 bits per heavy atom. The summed E-state index contributed by atoms with van der Waals surface area (Å²) < 4.78 is 5.02. The summed E-state index contributed by atoms with van der Waals surface area (Å²) >= 11 is 0. The van der Waals surface area contributed by atoms with E-state index in [-0.39, 0.29) is 18.5 Å². The third-order valence-electron chi connectivity index (χ3n) is 3.52. The summed E-state index contributed by atoms with van der Waals surface area (Å²) in [7, 11) is 1.63. The maximum absolute atomic E-state index is 11.9. The van der Waals surface area contributed by atoms with Crippen molar-refractivity contribution in [3.63, 3.8) is 0 Å². The largest absolute Gasteiger partial charge is 0.383 e. The van der Waals surface area contributed by atoms with Crippen LogP contribution in [0.2, 0.25) is 0 Å². The van der Waals surface area contributed by atoms with Gasteiger partial charge in [-0.15, -0.1) is 0 Å². The number of amides is 1. The van der Waals surface area contributed by atoms with Crippen LogP contribution in [0, 0.1) is 0 Å². The molecule has 23 heavy (non-hydrogen) atoms. The van der Waals surface area contributed by atoms with Gasteiger partial charge in [0, 0.05) is 18.8 Å². The Bertz CT molecular complexity index is 614. The first-order chi connectivity index (χ1) is 11.2.